The van der Waals surface area contributed by atoms with Gasteiger partial charge in [-0.2, -0.15) is 0 Å². The first-order valence-corrected chi connectivity index (χ1v) is 5.20. The maximum atomic E-state index is 11.3. The van der Waals surface area contributed by atoms with Crippen LogP contribution in [0.15, 0.2) is 24.3 Å². The standard InChI is InChI=1S/C11H10Cl2O2/c1-15-11(14)9-7-8(3-2-6-12)4-5-10(9)13/h2-5,7H,6H2,1H3. The number of alkyl halides is 1. The highest BCUT2D eigenvalue weighted by Gasteiger charge is 2.10. The maximum Gasteiger partial charge on any atom is 0.339 e. The Balaban J connectivity index is 3.05. The lowest BCUT2D eigenvalue weighted by Gasteiger charge is -2.03. The van der Waals surface area contributed by atoms with Gasteiger partial charge in [-0.1, -0.05) is 29.8 Å². The number of esters is 1. The van der Waals surface area contributed by atoms with E-state index in [-0.39, 0.29) is 0 Å². The molecule has 0 aliphatic carbocycles. The molecule has 0 heterocycles. The molecule has 0 aliphatic heterocycles. The van der Waals surface area contributed by atoms with Gasteiger partial charge in [0.1, 0.15) is 0 Å². The van der Waals surface area contributed by atoms with E-state index in [1.54, 1.807) is 24.3 Å². The minimum absolute atomic E-state index is 0.357. The van der Waals surface area contributed by atoms with Gasteiger partial charge in [0.2, 0.25) is 0 Å². The summed E-state index contributed by atoms with van der Waals surface area (Å²) in [7, 11) is 1.32. The zero-order chi connectivity index (χ0) is 11.3. The lowest BCUT2D eigenvalue weighted by Crippen LogP contribution is -2.02. The van der Waals surface area contributed by atoms with Crippen LogP contribution >= 0.6 is 23.2 Å². The molecule has 0 unspecified atom stereocenters. The Morgan fingerprint density at radius 3 is 2.87 bits per heavy atom. The lowest BCUT2D eigenvalue weighted by molar-refractivity contribution is 0.0601. The highest BCUT2D eigenvalue weighted by Crippen LogP contribution is 2.19. The molecule has 2 nitrogen and oxygen atoms in total. The summed E-state index contributed by atoms with van der Waals surface area (Å²) in [4.78, 5) is 11.3. The summed E-state index contributed by atoms with van der Waals surface area (Å²) in [6, 6.07) is 5.12. The van der Waals surface area contributed by atoms with Gasteiger partial charge in [0, 0.05) is 5.88 Å². The van der Waals surface area contributed by atoms with Gasteiger partial charge in [-0.3, -0.25) is 0 Å². The molecule has 0 radical (unpaired) electrons. The van der Waals surface area contributed by atoms with Gasteiger partial charge >= 0.3 is 5.97 Å². The fourth-order valence-electron chi connectivity index (χ4n) is 1.09. The molecule has 0 amide bonds. The summed E-state index contributed by atoms with van der Waals surface area (Å²) < 4.78 is 4.60. The summed E-state index contributed by atoms with van der Waals surface area (Å²) in [6.45, 7) is 0. The lowest BCUT2D eigenvalue weighted by atomic mass is 10.1. The van der Waals surface area contributed by atoms with Crippen molar-refractivity contribution in [3.63, 3.8) is 0 Å². The third-order valence-electron chi connectivity index (χ3n) is 1.80. The Morgan fingerprint density at radius 2 is 2.27 bits per heavy atom. The fraction of sp³-hybridized carbons (Fsp3) is 0.182. The third kappa shape index (κ3) is 3.26. The average molecular weight is 245 g/mol. The SMILES string of the molecule is COC(=O)c1cc(C=CCCl)ccc1Cl. The topological polar surface area (TPSA) is 26.3 Å². The minimum atomic E-state index is -0.443. The van der Waals surface area contributed by atoms with E-state index in [1.807, 2.05) is 6.08 Å². The van der Waals surface area contributed by atoms with Crippen molar-refractivity contribution in [1.82, 2.24) is 0 Å². The van der Waals surface area contributed by atoms with Crippen LogP contribution in [-0.4, -0.2) is 19.0 Å². The summed E-state index contributed by atoms with van der Waals surface area (Å²) in [5.74, 6) is -0.0166. The number of carbonyl (C=O) groups excluding carboxylic acids is 1. The molecule has 0 saturated heterocycles. The molecule has 0 aromatic heterocycles. The first-order valence-electron chi connectivity index (χ1n) is 4.29. The van der Waals surface area contributed by atoms with Gasteiger partial charge < -0.3 is 4.74 Å². The summed E-state index contributed by atoms with van der Waals surface area (Å²) in [6.07, 6.45) is 3.60. The van der Waals surface area contributed by atoms with Crippen LogP contribution in [0.2, 0.25) is 5.02 Å². The Labute approximate surface area is 98.4 Å². The molecular formula is C11H10Cl2O2. The quantitative estimate of drug-likeness (QED) is 0.602. The van der Waals surface area contributed by atoms with Crippen molar-refractivity contribution in [1.29, 1.82) is 0 Å². The molecule has 80 valence electrons. The van der Waals surface area contributed by atoms with E-state index in [9.17, 15) is 4.79 Å². The van der Waals surface area contributed by atoms with Gasteiger partial charge in [0.25, 0.3) is 0 Å². The minimum Gasteiger partial charge on any atom is -0.465 e. The fourth-order valence-corrected chi connectivity index (χ4v) is 1.38. The molecule has 0 bridgehead atoms. The van der Waals surface area contributed by atoms with Crippen molar-refractivity contribution in [2.24, 2.45) is 0 Å². The number of benzene rings is 1. The molecule has 15 heavy (non-hydrogen) atoms. The molecule has 0 aliphatic rings. The zero-order valence-corrected chi connectivity index (χ0v) is 9.68. The number of hydrogen-bond acceptors (Lipinski definition) is 2. The molecule has 1 rings (SSSR count). The molecule has 4 heteroatoms. The van der Waals surface area contributed by atoms with Crippen molar-refractivity contribution in [2.75, 3.05) is 13.0 Å². The van der Waals surface area contributed by atoms with Crippen LogP contribution in [0.3, 0.4) is 0 Å². The van der Waals surface area contributed by atoms with E-state index in [0.717, 1.165) is 5.56 Å². The van der Waals surface area contributed by atoms with Crippen LogP contribution in [0.1, 0.15) is 15.9 Å². The van der Waals surface area contributed by atoms with E-state index >= 15 is 0 Å². The van der Waals surface area contributed by atoms with Crippen molar-refractivity contribution >= 4 is 35.2 Å². The first-order chi connectivity index (χ1) is 7.19. The third-order valence-corrected chi connectivity index (χ3v) is 2.30. The molecule has 0 spiro atoms. The number of hydrogen-bond donors (Lipinski definition) is 0. The van der Waals surface area contributed by atoms with Crippen molar-refractivity contribution in [2.45, 2.75) is 0 Å². The number of ether oxygens (including phenoxy) is 1. The van der Waals surface area contributed by atoms with Crippen LogP contribution in [0.25, 0.3) is 6.08 Å². The van der Waals surface area contributed by atoms with Gasteiger partial charge in [-0.05, 0) is 17.7 Å². The predicted octanol–water partition coefficient (Wildman–Crippen LogP) is 3.38. The van der Waals surface area contributed by atoms with Crippen molar-refractivity contribution in [3.05, 3.63) is 40.4 Å². The molecule has 1 aromatic rings. The van der Waals surface area contributed by atoms with E-state index in [1.165, 1.54) is 7.11 Å². The van der Waals surface area contributed by atoms with E-state index in [0.29, 0.717) is 16.5 Å². The Kier molecular flexibility index (Phi) is 4.66. The molecule has 0 saturated carbocycles. The number of methoxy groups -OCH3 is 1. The summed E-state index contributed by atoms with van der Waals surface area (Å²) >= 11 is 11.4. The molecule has 0 atom stereocenters. The predicted molar refractivity (Wildman–Crippen MR) is 62.5 cm³/mol. The van der Waals surface area contributed by atoms with E-state index in [4.69, 9.17) is 23.2 Å². The summed E-state index contributed by atoms with van der Waals surface area (Å²) in [5, 5.41) is 0.380. The molecule has 1 aromatic carbocycles. The smallest absolute Gasteiger partial charge is 0.339 e. The average Bonchev–Trinajstić information content (AvgIpc) is 2.27. The Hall–Kier alpha value is -0.990. The second-order valence-corrected chi connectivity index (χ2v) is 3.50. The highest BCUT2D eigenvalue weighted by atomic mass is 35.5. The number of carbonyl (C=O) groups is 1. The molecule has 0 N–H and O–H groups in total. The van der Waals surface area contributed by atoms with E-state index < -0.39 is 5.97 Å². The normalized spacial score (nSPS) is 10.6. The van der Waals surface area contributed by atoms with Crippen LogP contribution in [0, 0.1) is 0 Å². The molecular weight excluding hydrogens is 235 g/mol. The van der Waals surface area contributed by atoms with Crippen LogP contribution in [-0.2, 0) is 4.74 Å². The second-order valence-electron chi connectivity index (χ2n) is 2.79. The second kappa shape index (κ2) is 5.79. The molecule has 0 fully saturated rings. The monoisotopic (exact) mass is 244 g/mol. The number of allylic oxidation sites excluding steroid dienone is 1. The highest BCUT2D eigenvalue weighted by molar-refractivity contribution is 6.33. The van der Waals surface area contributed by atoms with Crippen LogP contribution in [0.4, 0.5) is 0 Å². The Bertz CT molecular complexity index is 386. The van der Waals surface area contributed by atoms with Gasteiger partial charge in [0.15, 0.2) is 0 Å². The van der Waals surface area contributed by atoms with Crippen LogP contribution in [0.5, 0.6) is 0 Å². The summed E-state index contributed by atoms with van der Waals surface area (Å²) in [5.41, 5.74) is 1.22. The number of halogens is 2. The zero-order valence-electron chi connectivity index (χ0n) is 8.17. The Morgan fingerprint density at radius 1 is 1.53 bits per heavy atom. The maximum absolute atomic E-state index is 11.3. The van der Waals surface area contributed by atoms with Crippen molar-refractivity contribution in [3.8, 4) is 0 Å². The van der Waals surface area contributed by atoms with Gasteiger partial charge in [-0.25, -0.2) is 4.79 Å². The van der Waals surface area contributed by atoms with E-state index in [2.05, 4.69) is 4.74 Å². The first kappa shape index (κ1) is 12.1. The largest absolute Gasteiger partial charge is 0.465 e. The van der Waals surface area contributed by atoms with Crippen molar-refractivity contribution < 1.29 is 9.53 Å². The van der Waals surface area contributed by atoms with Crippen LogP contribution < -0.4 is 0 Å². The van der Waals surface area contributed by atoms with Gasteiger partial charge in [0.05, 0.1) is 17.7 Å². The number of rotatable bonds is 3. The van der Waals surface area contributed by atoms with Gasteiger partial charge in [-0.15, -0.1) is 11.6 Å².